The van der Waals surface area contributed by atoms with E-state index < -0.39 is 0 Å². The van der Waals surface area contributed by atoms with Gasteiger partial charge in [0.2, 0.25) is 0 Å². The van der Waals surface area contributed by atoms with Gasteiger partial charge in [0.1, 0.15) is 4.99 Å². The lowest BCUT2D eigenvalue weighted by atomic mass is 10.1. The van der Waals surface area contributed by atoms with Gasteiger partial charge in [-0.25, -0.2) is 0 Å². The molecular formula is C10H6N2S. The summed E-state index contributed by atoms with van der Waals surface area (Å²) in [6.07, 6.45) is 0. The molecule has 3 heteroatoms. The quantitative estimate of drug-likeness (QED) is 0.529. The third kappa shape index (κ3) is 2.59. The zero-order valence-electron chi connectivity index (χ0n) is 6.74. The van der Waals surface area contributed by atoms with Crippen LogP contribution in [0.5, 0.6) is 0 Å². The van der Waals surface area contributed by atoms with Crippen molar-refractivity contribution in [2.75, 3.05) is 0 Å². The summed E-state index contributed by atoms with van der Waals surface area (Å²) in [5.74, 6) is 4.97. The van der Waals surface area contributed by atoms with Crippen LogP contribution in [0.25, 0.3) is 0 Å². The first-order valence-electron chi connectivity index (χ1n) is 3.54. The van der Waals surface area contributed by atoms with Gasteiger partial charge in [0.15, 0.2) is 6.07 Å². The molecule has 0 saturated carbocycles. The van der Waals surface area contributed by atoms with E-state index in [1.54, 1.807) is 30.3 Å². The van der Waals surface area contributed by atoms with Gasteiger partial charge in [-0.1, -0.05) is 30.3 Å². The summed E-state index contributed by atoms with van der Waals surface area (Å²) >= 11 is 4.78. The molecule has 0 bridgehead atoms. The van der Waals surface area contributed by atoms with Gasteiger partial charge < -0.3 is 5.73 Å². The van der Waals surface area contributed by atoms with Gasteiger partial charge in [-0.05, 0) is 12.1 Å². The number of rotatable bonds is 1. The molecule has 0 saturated heterocycles. The average Bonchev–Trinajstić information content (AvgIpc) is 2.15. The molecule has 0 aromatic heterocycles. The number of thiocarbonyl (C=S) groups is 1. The second-order valence-electron chi connectivity index (χ2n) is 2.30. The molecule has 0 fully saturated rings. The highest BCUT2D eigenvalue weighted by Gasteiger charge is 1.93. The fourth-order valence-electron chi connectivity index (χ4n) is 0.818. The maximum atomic E-state index is 8.21. The maximum absolute atomic E-state index is 8.21. The van der Waals surface area contributed by atoms with E-state index in [4.69, 9.17) is 23.2 Å². The Morgan fingerprint density at radius 3 is 2.38 bits per heavy atom. The molecule has 1 aromatic carbocycles. The number of hydrogen-bond acceptors (Lipinski definition) is 2. The molecular weight excluding hydrogens is 180 g/mol. The van der Waals surface area contributed by atoms with Gasteiger partial charge in [0.25, 0.3) is 0 Å². The molecule has 0 aliphatic rings. The van der Waals surface area contributed by atoms with Crippen molar-refractivity contribution in [2.24, 2.45) is 5.73 Å². The zero-order valence-corrected chi connectivity index (χ0v) is 7.56. The van der Waals surface area contributed by atoms with Crippen LogP contribution in [0.4, 0.5) is 0 Å². The van der Waals surface area contributed by atoms with Crippen molar-refractivity contribution < 1.29 is 0 Å². The first kappa shape index (κ1) is 9.25. The molecule has 0 spiro atoms. The smallest absolute Gasteiger partial charge is 0.152 e. The monoisotopic (exact) mass is 186 g/mol. The minimum Gasteiger partial charge on any atom is -0.389 e. The van der Waals surface area contributed by atoms with Crippen molar-refractivity contribution >= 4 is 17.2 Å². The van der Waals surface area contributed by atoms with Crippen LogP contribution < -0.4 is 5.73 Å². The largest absolute Gasteiger partial charge is 0.389 e. The van der Waals surface area contributed by atoms with Crippen LogP contribution in [0.2, 0.25) is 0 Å². The zero-order chi connectivity index (χ0) is 9.68. The molecule has 2 nitrogen and oxygen atoms in total. The summed E-state index contributed by atoms with van der Waals surface area (Å²) in [4.78, 5) is 0.361. The summed E-state index contributed by atoms with van der Waals surface area (Å²) in [6.45, 7) is 0. The van der Waals surface area contributed by atoms with Gasteiger partial charge in [0, 0.05) is 17.0 Å². The fraction of sp³-hybridized carbons (Fsp3) is 0. The molecule has 0 aliphatic heterocycles. The lowest BCUT2D eigenvalue weighted by molar-refractivity contribution is 1.54. The predicted molar refractivity (Wildman–Crippen MR) is 54.8 cm³/mol. The average molecular weight is 186 g/mol. The third-order valence-electron chi connectivity index (χ3n) is 1.43. The van der Waals surface area contributed by atoms with Crippen LogP contribution in [0, 0.1) is 23.2 Å². The van der Waals surface area contributed by atoms with Crippen molar-refractivity contribution in [2.45, 2.75) is 0 Å². The molecule has 1 aromatic rings. The highest BCUT2D eigenvalue weighted by molar-refractivity contribution is 7.80. The van der Waals surface area contributed by atoms with Crippen LogP contribution in [0.3, 0.4) is 0 Å². The SMILES string of the molecule is N#CC#Cc1ccc(C(N)=S)cc1. The number of benzene rings is 1. The van der Waals surface area contributed by atoms with E-state index in [1.165, 1.54) is 0 Å². The van der Waals surface area contributed by atoms with Crippen LogP contribution >= 0.6 is 12.2 Å². The van der Waals surface area contributed by atoms with Crippen molar-refractivity contribution in [3.63, 3.8) is 0 Å². The molecule has 1 rings (SSSR count). The maximum Gasteiger partial charge on any atom is 0.152 e. The van der Waals surface area contributed by atoms with Gasteiger partial charge >= 0.3 is 0 Å². The number of hydrogen-bond donors (Lipinski definition) is 1. The Bertz CT molecular complexity index is 415. The summed E-state index contributed by atoms with van der Waals surface area (Å²) in [5.41, 5.74) is 6.99. The van der Waals surface area contributed by atoms with E-state index in [0.29, 0.717) is 4.99 Å². The summed E-state index contributed by atoms with van der Waals surface area (Å²) < 4.78 is 0. The topological polar surface area (TPSA) is 49.8 Å². The van der Waals surface area contributed by atoms with E-state index >= 15 is 0 Å². The van der Waals surface area contributed by atoms with Gasteiger partial charge in [-0.3, -0.25) is 0 Å². The van der Waals surface area contributed by atoms with Gasteiger partial charge in [0.05, 0.1) is 0 Å². The highest BCUT2D eigenvalue weighted by atomic mass is 32.1. The minimum atomic E-state index is 0.361. The Kier molecular flexibility index (Phi) is 3.03. The van der Waals surface area contributed by atoms with E-state index in [1.807, 2.05) is 0 Å². The molecule has 0 atom stereocenters. The summed E-state index contributed by atoms with van der Waals surface area (Å²) in [7, 11) is 0. The summed E-state index contributed by atoms with van der Waals surface area (Å²) in [5, 5.41) is 8.21. The van der Waals surface area contributed by atoms with Crippen molar-refractivity contribution in [1.82, 2.24) is 0 Å². The summed E-state index contributed by atoms with van der Waals surface area (Å²) in [6, 6.07) is 8.86. The minimum absolute atomic E-state index is 0.361. The van der Waals surface area contributed by atoms with E-state index in [9.17, 15) is 0 Å². The van der Waals surface area contributed by atoms with Crippen LogP contribution in [-0.4, -0.2) is 4.99 Å². The Morgan fingerprint density at radius 1 is 1.31 bits per heavy atom. The normalized spacial score (nSPS) is 7.92. The number of nitriles is 1. The van der Waals surface area contributed by atoms with E-state index in [0.717, 1.165) is 11.1 Å². The van der Waals surface area contributed by atoms with Crippen LogP contribution in [0.15, 0.2) is 24.3 Å². The lowest BCUT2D eigenvalue weighted by Crippen LogP contribution is -2.08. The van der Waals surface area contributed by atoms with Crippen molar-refractivity contribution in [3.8, 4) is 17.9 Å². The third-order valence-corrected chi connectivity index (χ3v) is 1.67. The molecule has 0 aliphatic carbocycles. The molecule has 0 unspecified atom stereocenters. The molecule has 0 heterocycles. The number of nitrogens with zero attached hydrogens (tertiary/aromatic N) is 1. The Labute approximate surface area is 82.0 Å². The van der Waals surface area contributed by atoms with E-state index in [-0.39, 0.29) is 0 Å². The van der Waals surface area contributed by atoms with Crippen LogP contribution in [0.1, 0.15) is 11.1 Å². The molecule has 62 valence electrons. The molecule has 13 heavy (non-hydrogen) atoms. The Morgan fingerprint density at radius 2 is 1.92 bits per heavy atom. The highest BCUT2D eigenvalue weighted by Crippen LogP contribution is 2.02. The molecule has 2 N–H and O–H groups in total. The van der Waals surface area contributed by atoms with Gasteiger partial charge in [-0.15, -0.1) is 0 Å². The van der Waals surface area contributed by atoms with Gasteiger partial charge in [-0.2, -0.15) is 5.26 Å². The number of nitrogens with two attached hydrogens (primary N) is 1. The lowest BCUT2D eigenvalue weighted by Gasteiger charge is -1.96. The van der Waals surface area contributed by atoms with Crippen molar-refractivity contribution in [3.05, 3.63) is 35.4 Å². The second-order valence-corrected chi connectivity index (χ2v) is 2.74. The molecule has 0 radical (unpaired) electrons. The fourth-order valence-corrected chi connectivity index (χ4v) is 0.954. The van der Waals surface area contributed by atoms with E-state index in [2.05, 4.69) is 11.8 Å². The first-order valence-corrected chi connectivity index (χ1v) is 3.95. The standard InChI is InChI=1S/C10H6N2S/c11-7-1-2-8-3-5-9(6-4-8)10(12)13/h3-6H,(H2,12,13). The van der Waals surface area contributed by atoms with Crippen LogP contribution in [-0.2, 0) is 0 Å². The Hall–Kier alpha value is -1.84. The first-order chi connectivity index (χ1) is 6.24. The molecule has 0 amide bonds. The predicted octanol–water partition coefficient (Wildman–Crippen LogP) is 1.20. The van der Waals surface area contributed by atoms with Crippen molar-refractivity contribution in [1.29, 1.82) is 5.26 Å². The second kappa shape index (κ2) is 4.25. The Balaban J connectivity index is 2.95.